The van der Waals surface area contributed by atoms with Crippen LogP contribution in [0.4, 0.5) is 5.69 Å². The summed E-state index contributed by atoms with van der Waals surface area (Å²) in [6.07, 6.45) is -0.385. The molecule has 112 valence electrons. The standard InChI is InChI=1S/C15H24N2O3/c1-2-20-15-5-3-4-13(10-15)16-11-14(18)12-17-6-8-19-9-7-17/h3-5,10,14,16,18H,2,6-9,11-12H2,1H3. The number of hydrogen-bond donors (Lipinski definition) is 2. The number of hydrogen-bond acceptors (Lipinski definition) is 5. The third kappa shape index (κ3) is 5.00. The Balaban J connectivity index is 1.74. The Morgan fingerprint density at radius 2 is 2.20 bits per heavy atom. The van der Waals surface area contributed by atoms with Gasteiger partial charge < -0.3 is 19.9 Å². The van der Waals surface area contributed by atoms with Crippen LogP contribution in [0.15, 0.2) is 24.3 Å². The van der Waals surface area contributed by atoms with Crippen LogP contribution >= 0.6 is 0 Å². The van der Waals surface area contributed by atoms with E-state index in [2.05, 4.69) is 10.2 Å². The summed E-state index contributed by atoms with van der Waals surface area (Å²) in [5, 5.41) is 13.3. The van der Waals surface area contributed by atoms with Gasteiger partial charge in [-0.3, -0.25) is 4.90 Å². The van der Waals surface area contributed by atoms with Gasteiger partial charge in [0.05, 0.1) is 25.9 Å². The number of anilines is 1. The minimum atomic E-state index is -0.385. The van der Waals surface area contributed by atoms with Crippen molar-refractivity contribution in [2.45, 2.75) is 13.0 Å². The largest absolute Gasteiger partial charge is 0.494 e. The van der Waals surface area contributed by atoms with Crippen LogP contribution in [-0.2, 0) is 4.74 Å². The first-order valence-electron chi connectivity index (χ1n) is 7.23. The molecule has 1 aromatic rings. The van der Waals surface area contributed by atoms with Crippen molar-refractivity contribution in [1.82, 2.24) is 4.90 Å². The zero-order chi connectivity index (χ0) is 14.2. The molecular weight excluding hydrogens is 256 g/mol. The van der Waals surface area contributed by atoms with E-state index in [1.54, 1.807) is 0 Å². The number of nitrogens with zero attached hydrogens (tertiary/aromatic N) is 1. The van der Waals surface area contributed by atoms with Crippen molar-refractivity contribution in [3.63, 3.8) is 0 Å². The molecule has 0 saturated carbocycles. The van der Waals surface area contributed by atoms with Crippen LogP contribution in [0.5, 0.6) is 5.75 Å². The van der Waals surface area contributed by atoms with Crippen LogP contribution < -0.4 is 10.1 Å². The van der Waals surface area contributed by atoms with Crippen molar-refractivity contribution in [3.8, 4) is 5.75 Å². The molecule has 1 aliphatic heterocycles. The number of morpholine rings is 1. The summed E-state index contributed by atoms with van der Waals surface area (Å²) in [6.45, 7) is 7.16. The van der Waals surface area contributed by atoms with E-state index in [0.717, 1.165) is 37.7 Å². The second-order valence-electron chi connectivity index (χ2n) is 4.91. The molecule has 20 heavy (non-hydrogen) atoms. The van der Waals surface area contributed by atoms with Crippen LogP contribution in [0.2, 0.25) is 0 Å². The highest BCUT2D eigenvalue weighted by atomic mass is 16.5. The highest BCUT2D eigenvalue weighted by molar-refractivity contribution is 5.48. The lowest BCUT2D eigenvalue weighted by Crippen LogP contribution is -2.42. The summed E-state index contributed by atoms with van der Waals surface area (Å²) in [7, 11) is 0. The molecule has 2 rings (SSSR count). The summed E-state index contributed by atoms with van der Waals surface area (Å²) in [5.41, 5.74) is 0.969. The summed E-state index contributed by atoms with van der Waals surface area (Å²) in [4.78, 5) is 2.23. The van der Waals surface area contributed by atoms with Gasteiger partial charge in [0.15, 0.2) is 0 Å². The summed E-state index contributed by atoms with van der Waals surface area (Å²) in [5.74, 6) is 0.847. The highest BCUT2D eigenvalue weighted by Crippen LogP contribution is 2.17. The average Bonchev–Trinajstić information content (AvgIpc) is 2.47. The third-order valence-electron chi connectivity index (χ3n) is 3.26. The first-order chi connectivity index (χ1) is 9.78. The number of β-amino-alcohol motifs (C(OH)–C–C–N with tert-alkyl or cyclic N) is 1. The molecule has 1 aliphatic rings. The first kappa shape index (κ1) is 15.1. The molecule has 0 radical (unpaired) electrons. The maximum absolute atomic E-state index is 10.1. The lowest BCUT2D eigenvalue weighted by atomic mass is 10.2. The second kappa shape index (κ2) is 8.09. The number of rotatable bonds is 7. The Bertz CT molecular complexity index is 394. The van der Waals surface area contributed by atoms with Crippen LogP contribution in [0.3, 0.4) is 0 Å². The van der Waals surface area contributed by atoms with E-state index in [1.807, 2.05) is 31.2 Å². The Morgan fingerprint density at radius 3 is 2.95 bits per heavy atom. The monoisotopic (exact) mass is 280 g/mol. The minimum absolute atomic E-state index is 0.385. The van der Waals surface area contributed by atoms with Gasteiger partial charge in [-0.2, -0.15) is 0 Å². The molecule has 1 atom stereocenters. The molecule has 0 bridgehead atoms. The minimum Gasteiger partial charge on any atom is -0.494 e. The number of aliphatic hydroxyl groups excluding tert-OH is 1. The fraction of sp³-hybridized carbons (Fsp3) is 0.600. The van der Waals surface area contributed by atoms with Crippen LogP contribution in [0.25, 0.3) is 0 Å². The number of ether oxygens (including phenoxy) is 2. The van der Waals surface area contributed by atoms with E-state index in [0.29, 0.717) is 19.7 Å². The molecule has 1 aromatic carbocycles. The molecule has 1 heterocycles. The van der Waals surface area contributed by atoms with E-state index in [9.17, 15) is 5.11 Å². The van der Waals surface area contributed by atoms with Gasteiger partial charge >= 0.3 is 0 Å². The summed E-state index contributed by atoms with van der Waals surface area (Å²) in [6, 6.07) is 7.80. The van der Waals surface area contributed by atoms with Gasteiger partial charge in [-0.1, -0.05) is 6.07 Å². The molecule has 0 amide bonds. The van der Waals surface area contributed by atoms with E-state index >= 15 is 0 Å². The fourth-order valence-electron chi connectivity index (χ4n) is 2.24. The lowest BCUT2D eigenvalue weighted by molar-refractivity contribution is 0.0171. The van der Waals surface area contributed by atoms with Gasteiger partial charge in [0.25, 0.3) is 0 Å². The number of benzene rings is 1. The number of aliphatic hydroxyl groups is 1. The zero-order valence-corrected chi connectivity index (χ0v) is 12.0. The summed E-state index contributed by atoms with van der Waals surface area (Å²) >= 11 is 0. The predicted octanol–water partition coefficient (Wildman–Crippen LogP) is 1.19. The Kier molecular flexibility index (Phi) is 6.11. The van der Waals surface area contributed by atoms with E-state index in [-0.39, 0.29) is 6.10 Å². The van der Waals surface area contributed by atoms with Gasteiger partial charge in [-0.05, 0) is 19.1 Å². The molecule has 5 heteroatoms. The van der Waals surface area contributed by atoms with Crippen molar-refractivity contribution < 1.29 is 14.6 Å². The average molecular weight is 280 g/mol. The van der Waals surface area contributed by atoms with E-state index in [4.69, 9.17) is 9.47 Å². The molecule has 1 saturated heterocycles. The lowest BCUT2D eigenvalue weighted by Gasteiger charge is -2.28. The molecule has 1 fully saturated rings. The topological polar surface area (TPSA) is 54.0 Å². The quantitative estimate of drug-likeness (QED) is 0.786. The zero-order valence-electron chi connectivity index (χ0n) is 12.0. The highest BCUT2D eigenvalue weighted by Gasteiger charge is 2.14. The fourth-order valence-corrected chi connectivity index (χ4v) is 2.24. The van der Waals surface area contributed by atoms with Gasteiger partial charge in [-0.25, -0.2) is 0 Å². The molecule has 0 aromatic heterocycles. The molecule has 0 spiro atoms. The van der Waals surface area contributed by atoms with Crippen molar-refractivity contribution >= 4 is 5.69 Å². The van der Waals surface area contributed by atoms with Crippen molar-refractivity contribution in [3.05, 3.63) is 24.3 Å². The SMILES string of the molecule is CCOc1cccc(NCC(O)CN2CCOCC2)c1. The second-order valence-corrected chi connectivity index (χ2v) is 4.91. The predicted molar refractivity (Wildman–Crippen MR) is 79.4 cm³/mol. The van der Waals surface area contributed by atoms with Gasteiger partial charge in [0, 0.05) is 37.9 Å². The molecule has 1 unspecified atom stereocenters. The van der Waals surface area contributed by atoms with Gasteiger partial charge in [0.2, 0.25) is 0 Å². The maximum atomic E-state index is 10.1. The van der Waals surface area contributed by atoms with Crippen molar-refractivity contribution in [2.75, 3.05) is 51.3 Å². The van der Waals surface area contributed by atoms with Gasteiger partial charge in [-0.15, -0.1) is 0 Å². The molecule has 2 N–H and O–H groups in total. The van der Waals surface area contributed by atoms with Crippen LogP contribution in [-0.4, -0.2) is 62.1 Å². The van der Waals surface area contributed by atoms with E-state index in [1.165, 1.54) is 0 Å². The van der Waals surface area contributed by atoms with Crippen LogP contribution in [0.1, 0.15) is 6.92 Å². The molecule has 0 aliphatic carbocycles. The van der Waals surface area contributed by atoms with Crippen molar-refractivity contribution in [2.24, 2.45) is 0 Å². The summed E-state index contributed by atoms with van der Waals surface area (Å²) < 4.78 is 10.7. The molecule has 5 nitrogen and oxygen atoms in total. The Labute approximate surface area is 120 Å². The third-order valence-corrected chi connectivity index (χ3v) is 3.26. The van der Waals surface area contributed by atoms with Crippen LogP contribution in [0, 0.1) is 0 Å². The first-order valence-corrected chi connectivity index (χ1v) is 7.23. The van der Waals surface area contributed by atoms with Gasteiger partial charge in [0.1, 0.15) is 5.75 Å². The molecular formula is C15H24N2O3. The maximum Gasteiger partial charge on any atom is 0.121 e. The normalized spacial score (nSPS) is 17.7. The Hall–Kier alpha value is -1.30. The van der Waals surface area contributed by atoms with Crippen molar-refractivity contribution in [1.29, 1.82) is 0 Å². The van der Waals surface area contributed by atoms with E-state index < -0.39 is 0 Å². The smallest absolute Gasteiger partial charge is 0.121 e. The Morgan fingerprint density at radius 1 is 1.40 bits per heavy atom. The number of nitrogens with one attached hydrogen (secondary N) is 1.